The topological polar surface area (TPSA) is 51.8 Å². The van der Waals surface area contributed by atoms with Gasteiger partial charge in [0.2, 0.25) is 0 Å². The predicted molar refractivity (Wildman–Crippen MR) is 56.9 cm³/mol. The molecule has 70 valence electrons. The van der Waals surface area contributed by atoms with E-state index in [1.54, 1.807) is 18.5 Å². The van der Waals surface area contributed by atoms with Crippen LogP contribution in [-0.4, -0.2) is 9.97 Å². The Balaban J connectivity index is 2.53. The first-order valence-electron chi connectivity index (χ1n) is 4.10. The lowest BCUT2D eigenvalue weighted by Gasteiger charge is -2.04. The summed E-state index contributed by atoms with van der Waals surface area (Å²) >= 11 is 5.70. The van der Waals surface area contributed by atoms with Gasteiger partial charge in [-0.15, -0.1) is 0 Å². The number of rotatable bonds is 1. The van der Waals surface area contributed by atoms with E-state index in [4.69, 9.17) is 17.3 Å². The standard InChI is InChI=1S/C10H8ClN3/c11-9-2-1-8(10(12)14-9)7-3-5-13-6-4-7/h1-6H,(H2,12,14). The first kappa shape index (κ1) is 8.97. The molecule has 0 radical (unpaired) electrons. The zero-order valence-electron chi connectivity index (χ0n) is 7.31. The van der Waals surface area contributed by atoms with Gasteiger partial charge in [0.25, 0.3) is 0 Å². The van der Waals surface area contributed by atoms with Crippen LogP contribution >= 0.6 is 11.6 Å². The Bertz CT molecular complexity index is 442. The Hall–Kier alpha value is -1.61. The van der Waals surface area contributed by atoms with Gasteiger partial charge in [0.1, 0.15) is 11.0 Å². The number of hydrogen-bond donors (Lipinski definition) is 1. The maximum atomic E-state index is 5.74. The van der Waals surface area contributed by atoms with Crippen LogP contribution in [-0.2, 0) is 0 Å². The number of hydrogen-bond acceptors (Lipinski definition) is 3. The molecular weight excluding hydrogens is 198 g/mol. The van der Waals surface area contributed by atoms with Crippen molar-refractivity contribution in [1.82, 2.24) is 9.97 Å². The molecule has 0 spiro atoms. The molecule has 0 fully saturated rings. The maximum absolute atomic E-state index is 5.74. The average molecular weight is 206 g/mol. The highest BCUT2D eigenvalue weighted by molar-refractivity contribution is 6.29. The fourth-order valence-electron chi connectivity index (χ4n) is 1.23. The molecule has 0 unspecified atom stereocenters. The quantitative estimate of drug-likeness (QED) is 0.728. The summed E-state index contributed by atoms with van der Waals surface area (Å²) in [4.78, 5) is 7.90. The molecule has 0 aliphatic carbocycles. The number of halogens is 1. The van der Waals surface area contributed by atoms with Crippen LogP contribution in [0, 0.1) is 0 Å². The molecule has 0 saturated carbocycles. The number of nitrogen functional groups attached to an aromatic ring is 1. The number of nitrogens with zero attached hydrogens (tertiary/aromatic N) is 2. The number of anilines is 1. The van der Waals surface area contributed by atoms with Crippen LogP contribution in [0.2, 0.25) is 5.15 Å². The number of nitrogens with two attached hydrogens (primary N) is 1. The van der Waals surface area contributed by atoms with Gasteiger partial charge in [0.05, 0.1) is 0 Å². The SMILES string of the molecule is Nc1nc(Cl)ccc1-c1ccncc1. The highest BCUT2D eigenvalue weighted by Crippen LogP contribution is 2.24. The summed E-state index contributed by atoms with van der Waals surface area (Å²) < 4.78 is 0. The van der Waals surface area contributed by atoms with Gasteiger partial charge in [-0.3, -0.25) is 4.98 Å². The molecule has 14 heavy (non-hydrogen) atoms. The molecule has 3 nitrogen and oxygen atoms in total. The van der Waals surface area contributed by atoms with E-state index >= 15 is 0 Å². The number of pyridine rings is 2. The summed E-state index contributed by atoms with van der Waals surface area (Å²) in [5, 5.41) is 0.403. The first-order valence-corrected chi connectivity index (χ1v) is 4.47. The molecule has 0 aliphatic heterocycles. The van der Waals surface area contributed by atoms with Crippen LogP contribution in [0.5, 0.6) is 0 Å². The summed E-state index contributed by atoms with van der Waals surface area (Å²) in [7, 11) is 0. The van der Waals surface area contributed by atoms with E-state index in [0.717, 1.165) is 11.1 Å². The molecule has 2 N–H and O–H groups in total. The third kappa shape index (κ3) is 1.67. The smallest absolute Gasteiger partial charge is 0.133 e. The van der Waals surface area contributed by atoms with Crippen molar-refractivity contribution in [3.05, 3.63) is 41.8 Å². The Labute approximate surface area is 86.6 Å². The van der Waals surface area contributed by atoms with Crippen molar-refractivity contribution in [2.45, 2.75) is 0 Å². The molecule has 0 aliphatic rings. The Morgan fingerprint density at radius 2 is 1.79 bits per heavy atom. The second kappa shape index (κ2) is 3.64. The van der Waals surface area contributed by atoms with E-state index in [-0.39, 0.29) is 0 Å². The van der Waals surface area contributed by atoms with Crippen LogP contribution in [0.3, 0.4) is 0 Å². The molecule has 2 heterocycles. The fraction of sp³-hybridized carbons (Fsp3) is 0. The minimum atomic E-state index is 0.403. The van der Waals surface area contributed by atoms with Gasteiger partial charge in [0.15, 0.2) is 0 Å². The fourth-order valence-corrected chi connectivity index (χ4v) is 1.38. The molecule has 2 rings (SSSR count). The second-order valence-electron chi connectivity index (χ2n) is 2.80. The van der Waals surface area contributed by atoms with Gasteiger partial charge in [-0.2, -0.15) is 0 Å². The van der Waals surface area contributed by atoms with Gasteiger partial charge in [-0.05, 0) is 29.8 Å². The van der Waals surface area contributed by atoms with E-state index in [0.29, 0.717) is 11.0 Å². The van der Waals surface area contributed by atoms with Gasteiger partial charge in [0, 0.05) is 18.0 Å². The largest absolute Gasteiger partial charge is 0.383 e. The van der Waals surface area contributed by atoms with Gasteiger partial charge in [-0.25, -0.2) is 4.98 Å². The van der Waals surface area contributed by atoms with Crippen LogP contribution < -0.4 is 5.73 Å². The van der Waals surface area contributed by atoms with Crippen molar-refractivity contribution in [1.29, 1.82) is 0 Å². The zero-order chi connectivity index (χ0) is 9.97. The van der Waals surface area contributed by atoms with Crippen molar-refractivity contribution >= 4 is 17.4 Å². The number of aromatic nitrogens is 2. The van der Waals surface area contributed by atoms with Gasteiger partial charge < -0.3 is 5.73 Å². The molecule has 0 amide bonds. The van der Waals surface area contributed by atoms with Crippen LogP contribution in [0.1, 0.15) is 0 Å². The van der Waals surface area contributed by atoms with Gasteiger partial charge >= 0.3 is 0 Å². The highest BCUT2D eigenvalue weighted by atomic mass is 35.5. The third-order valence-corrected chi connectivity index (χ3v) is 2.09. The van der Waals surface area contributed by atoms with Crippen LogP contribution in [0.25, 0.3) is 11.1 Å². The second-order valence-corrected chi connectivity index (χ2v) is 3.19. The monoisotopic (exact) mass is 205 g/mol. The lowest BCUT2D eigenvalue weighted by atomic mass is 10.1. The summed E-state index contributed by atoms with van der Waals surface area (Å²) in [6.45, 7) is 0. The lowest BCUT2D eigenvalue weighted by molar-refractivity contribution is 1.31. The van der Waals surface area contributed by atoms with E-state index < -0.39 is 0 Å². The van der Waals surface area contributed by atoms with E-state index in [9.17, 15) is 0 Å². The molecular formula is C10H8ClN3. The van der Waals surface area contributed by atoms with Crippen LogP contribution in [0.4, 0.5) is 5.82 Å². The lowest BCUT2D eigenvalue weighted by Crippen LogP contribution is -1.93. The summed E-state index contributed by atoms with van der Waals surface area (Å²) in [5.41, 5.74) is 7.60. The van der Waals surface area contributed by atoms with Crippen molar-refractivity contribution in [2.24, 2.45) is 0 Å². The minimum absolute atomic E-state index is 0.403. The Kier molecular flexibility index (Phi) is 2.33. The van der Waals surface area contributed by atoms with Crippen molar-refractivity contribution in [2.75, 3.05) is 5.73 Å². The summed E-state index contributed by atoms with van der Waals surface area (Å²) in [5.74, 6) is 0.434. The maximum Gasteiger partial charge on any atom is 0.133 e. The summed E-state index contributed by atoms with van der Waals surface area (Å²) in [6.07, 6.45) is 3.42. The van der Waals surface area contributed by atoms with E-state index in [1.165, 1.54) is 0 Å². The Morgan fingerprint density at radius 3 is 2.43 bits per heavy atom. The average Bonchev–Trinajstić information content (AvgIpc) is 2.19. The normalized spacial score (nSPS) is 10.1. The van der Waals surface area contributed by atoms with Crippen molar-refractivity contribution in [3.8, 4) is 11.1 Å². The van der Waals surface area contributed by atoms with Crippen molar-refractivity contribution < 1.29 is 0 Å². The highest BCUT2D eigenvalue weighted by Gasteiger charge is 2.03. The van der Waals surface area contributed by atoms with Gasteiger partial charge in [-0.1, -0.05) is 11.6 Å². The Morgan fingerprint density at radius 1 is 1.07 bits per heavy atom. The molecule has 4 heteroatoms. The molecule has 2 aromatic rings. The molecule has 2 aromatic heterocycles. The predicted octanol–water partition coefficient (Wildman–Crippen LogP) is 2.38. The molecule has 0 atom stereocenters. The molecule has 0 aromatic carbocycles. The third-order valence-electron chi connectivity index (χ3n) is 1.88. The van der Waals surface area contributed by atoms with Crippen LogP contribution in [0.15, 0.2) is 36.7 Å². The zero-order valence-corrected chi connectivity index (χ0v) is 8.07. The first-order chi connectivity index (χ1) is 6.77. The van der Waals surface area contributed by atoms with Crippen molar-refractivity contribution in [3.63, 3.8) is 0 Å². The minimum Gasteiger partial charge on any atom is -0.383 e. The summed E-state index contributed by atoms with van der Waals surface area (Å²) in [6, 6.07) is 7.32. The molecule has 0 bridgehead atoms. The van der Waals surface area contributed by atoms with E-state index in [1.807, 2.05) is 18.2 Å². The van der Waals surface area contributed by atoms with E-state index in [2.05, 4.69) is 9.97 Å². The molecule has 0 saturated heterocycles.